The molecule has 4 aromatic heterocycles. The normalized spacial score (nSPS) is 17.5. The SMILES string of the molecule is COCn1ccc2cc(-c3ccnc4c3c(C(C)C)nn4-c3ccc(C#N)c(NC4CCC(O)CC4)c3)cnc21. The quantitative estimate of drug-likeness (QED) is 0.273. The maximum Gasteiger partial charge on any atom is 0.163 e. The second-order valence-electron chi connectivity index (χ2n) is 10.8. The van der Waals surface area contributed by atoms with E-state index in [0.29, 0.717) is 12.3 Å². The summed E-state index contributed by atoms with van der Waals surface area (Å²) in [7, 11) is 1.67. The maximum absolute atomic E-state index is 9.91. The Balaban J connectivity index is 1.45. The molecule has 40 heavy (non-hydrogen) atoms. The smallest absolute Gasteiger partial charge is 0.163 e. The molecule has 4 heterocycles. The first kappa shape index (κ1) is 26.0. The molecule has 1 fully saturated rings. The third-order valence-corrected chi connectivity index (χ3v) is 7.75. The van der Waals surface area contributed by atoms with Gasteiger partial charge >= 0.3 is 0 Å². The molecule has 1 aliphatic carbocycles. The molecular weight excluding hydrogens is 502 g/mol. The molecule has 0 radical (unpaired) electrons. The van der Waals surface area contributed by atoms with E-state index < -0.39 is 0 Å². The number of methoxy groups -OCH3 is 1. The third-order valence-electron chi connectivity index (χ3n) is 7.75. The summed E-state index contributed by atoms with van der Waals surface area (Å²) < 4.78 is 9.15. The van der Waals surface area contributed by atoms with Crippen LogP contribution in [-0.4, -0.2) is 48.7 Å². The lowest BCUT2D eigenvalue weighted by atomic mass is 9.93. The average molecular weight is 536 g/mol. The van der Waals surface area contributed by atoms with E-state index in [1.165, 1.54) is 0 Å². The Bertz CT molecular complexity index is 1720. The highest BCUT2D eigenvalue weighted by Crippen LogP contribution is 2.36. The van der Waals surface area contributed by atoms with Gasteiger partial charge in [0, 0.05) is 42.7 Å². The molecule has 0 atom stereocenters. The monoisotopic (exact) mass is 535 g/mol. The molecule has 5 aromatic rings. The van der Waals surface area contributed by atoms with Crippen LogP contribution in [-0.2, 0) is 11.5 Å². The third kappa shape index (κ3) is 4.70. The van der Waals surface area contributed by atoms with E-state index in [2.05, 4.69) is 31.3 Å². The Morgan fingerprint density at radius 3 is 2.67 bits per heavy atom. The molecule has 1 aromatic carbocycles. The van der Waals surface area contributed by atoms with Crippen molar-refractivity contribution in [2.45, 2.75) is 64.3 Å². The largest absolute Gasteiger partial charge is 0.393 e. The van der Waals surface area contributed by atoms with Crippen molar-refractivity contribution in [2.75, 3.05) is 12.4 Å². The minimum atomic E-state index is -0.230. The minimum absolute atomic E-state index is 0.163. The van der Waals surface area contributed by atoms with Crippen molar-refractivity contribution in [1.82, 2.24) is 24.3 Å². The molecule has 0 unspecified atom stereocenters. The predicted octanol–water partition coefficient (Wildman–Crippen LogP) is 5.75. The van der Waals surface area contributed by atoms with Crippen molar-refractivity contribution in [3.63, 3.8) is 0 Å². The van der Waals surface area contributed by atoms with E-state index in [9.17, 15) is 10.4 Å². The fourth-order valence-corrected chi connectivity index (χ4v) is 5.68. The van der Waals surface area contributed by atoms with Gasteiger partial charge in [0.2, 0.25) is 0 Å². The first-order valence-electron chi connectivity index (χ1n) is 13.8. The second kappa shape index (κ2) is 10.7. The summed E-state index contributed by atoms with van der Waals surface area (Å²) in [6.07, 6.45) is 8.75. The molecule has 1 aliphatic rings. The van der Waals surface area contributed by atoms with Crippen LogP contribution < -0.4 is 5.32 Å². The van der Waals surface area contributed by atoms with Crippen molar-refractivity contribution in [3.8, 4) is 22.9 Å². The van der Waals surface area contributed by atoms with Gasteiger partial charge in [0.15, 0.2) is 5.65 Å². The topological polar surface area (TPSA) is 114 Å². The molecule has 9 nitrogen and oxygen atoms in total. The van der Waals surface area contributed by atoms with Gasteiger partial charge < -0.3 is 19.7 Å². The van der Waals surface area contributed by atoms with Gasteiger partial charge in [0.1, 0.15) is 18.4 Å². The lowest BCUT2D eigenvalue weighted by molar-refractivity contribution is 0.126. The molecule has 1 saturated carbocycles. The van der Waals surface area contributed by atoms with Gasteiger partial charge in [-0.2, -0.15) is 10.4 Å². The van der Waals surface area contributed by atoms with Crippen LogP contribution in [0.2, 0.25) is 0 Å². The Morgan fingerprint density at radius 2 is 1.93 bits per heavy atom. The van der Waals surface area contributed by atoms with E-state index in [1.54, 1.807) is 7.11 Å². The molecule has 9 heteroatoms. The molecule has 0 amide bonds. The summed E-state index contributed by atoms with van der Waals surface area (Å²) in [6.45, 7) is 4.72. The summed E-state index contributed by atoms with van der Waals surface area (Å²) >= 11 is 0. The molecule has 2 N–H and O–H groups in total. The number of ether oxygens (including phenoxy) is 1. The van der Waals surface area contributed by atoms with Crippen molar-refractivity contribution < 1.29 is 9.84 Å². The summed E-state index contributed by atoms with van der Waals surface area (Å²) in [5.74, 6) is 0.163. The number of rotatable bonds is 7. The molecule has 6 rings (SSSR count). The van der Waals surface area contributed by atoms with Gasteiger partial charge in [-0.1, -0.05) is 13.8 Å². The summed E-state index contributed by atoms with van der Waals surface area (Å²) in [5, 5.41) is 30.3. The number of nitriles is 1. The van der Waals surface area contributed by atoms with Crippen molar-refractivity contribution in [2.24, 2.45) is 0 Å². The highest BCUT2D eigenvalue weighted by molar-refractivity contribution is 5.97. The maximum atomic E-state index is 9.91. The van der Waals surface area contributed by atoms with Crippen LogP contribution >= 0.6 is 0 Å². The number of aliphatic hydroxyl groups excluding tert-OH is 1. The number of hydrogen-bond acceptors (Lipinski definition) is 7. The van der Waals surface area contributed by atoms with Crippen LogP contribution in [0.15, 0.2) is 55.0 Å². The number of anilines is 1. The zero-order valence-electron chi connectivity index (χ0n) is 23.0. The highest BCUT2D eigenvalue weighted by atomic mass is 16.5. The molecule has 0 saturated heterocycles. The number of aromatic nitrogens is 5. The van der Waals surface area contributed by atoms with Crippen molar-refractivity contribution in [3.05, 3.63) is 66.2 Å². The zero-order chi connectivity index (χ0) is 27.8. The van der Waals surface area contributed by atoms with Gasteiger partial charge in [-0.3, -0.25) is 0 Å². The van der Waals surface area contributed by atoms with E-state index >= 15 is 0 Å². The number of nitrogens with one attached hydrogen (secondary N) is 1. The number of aliphatic hydroxyl groups is 1. The Labute approximate surface area is 233 Å². The van der Waals surface area contributed by atoms with Gasteiger partial charge in [-0.25, -0.2) is 14.6 Å². The molecule has 0 aliphatic heterocycles. The predicted molar refractivity (Wildman–Crippen MR) is 155 cm³/mol. The Morgan fingerprint density at radius 1 is 1.10 bits per heavy atom. The summed E-state index contributed by atoms with van der Waals surface area (Å²) in [4.78, 5) is 9.53. The van der Waals surface area contributed by atoms with Gasteiger partial charge in [-0.15, -0.1) is 0 Å². The van der Waals surface area contributed by atoms with Crippen molar-refractivity contribution in [1.29, 1.82) is 5.26 Å². The second-order valence-corrected chi connectivity index (χ2v) is 10.8. The lowest BCUT2D eigenvalue weighted by Crippen LogP contribution is -2.28. The van der Waals surface area contributed by atoms with Crippen molar-refractivity contribution >= 4 is 27.8 Å². The van der Waals surface area contributed by atoms with E-state index in [4.69, 9.17) is 19.8 Å². The van der Waals surface area contributed by atoms with E-state index in [1.807, 2.05) is 58.2 Å². The molecule has 0 spiro atoms. The number of benzene rings is 1. The van der Waals surface area contributed by atoms with Crippen LogP contribution in [0.4, 0.5) is 5.69 Å². The highest BCUT2D eigenvalue weighted by Gasteiger charge is 2.23. The average Bonchev–Trinajstić information content (AvgIpc) is 3.56. The lowest BCUT2D eigenvalue weighted by Gasteiger charge is -2.27. The first-order chi connectivity index (χ1) is 19.5. The number of fused-ring (bicyclic) bond motifs is 2. The van der Waals surface area contributed by atoms with Gasteiger partial charge in [-0.05, 0) is 73.6 Å². The van der Waals surface area contributed by atoms with Crippen LogP contribution in [0.25, 0.3) is 38.9 Å². The molecule has 0 bridgehead atoms. The van der Waals surface area contributed by atoms with Crippen LogP contribution in [0, 0.1) is 11.3 Å². The summed E-state index contributed by atoms with van der Waals surface area (Å²) in [5.41, 5.74) is 6.82. The number of hydrogen-bond donors (Lipinski definition) is 2. The zero-order valence-corrected chi connectivity index (χ0v) is 23.0. The van der Waals surface area contributed by atoms with E-state index in [-0.39, 0.29) is 18.1 Å². The van der Waals surface area contributed by atoms with Gasteiger partial charge in [0.25, 0.3) is 0 Å². The van der Waals surface area contributed by atoms with Crippen LogP contribution in [0.5, 0.6) is 0 Å². The van der Waals surface area contributed by atoms with E-state index in [0.717, 1.165) is 75.9 Å². The Kier molecular flexibility index (Phi) is 6.96. The minimum Gasteiger partial charge on any atom is -0.393 e. The van der Waals surface area contributed by atoms with Crippen LogP contribution in [0.3, 0.4) is 0 Å². The number of nitrogens with zero attached hydrogens (tertiary/aromatic N) is 6. The first-order valence-corrected chi connectivity index (χ1v) is 13.8. The van der Waals surface area contributed by atoms with Gasteiger partial charge in [0.05, 0.1) is 34.1 Å². The Hall–Kier alpha value is -4.26. The van der Waals surface area contributed by atoms with Crippen LogP contribution in [0.1, 0.15) is 56.7 Å². The fraction of sp³-hybridized carbons (Fsp3) is 0.355. The summed E-state index contributed by atoms with van der Waals surface area (Å²) in [6, 6.07) is 14.5. The number of pyridine rings is 2. The molecular formula is C31H33N7O2. The standard InChI is InChI=1S/C31H33N7O2/c1-19(2)29-28-26(22-14-20-11-13-37(18-40-3)30(20)34-17-22)10-12-33-31(28)38(36-29)24-7-4-21(16-32)27(15-24)35-23-5-8-25(39)9-6-23/h4,7,10-15,17,19,23,25,35,39H,5-6,8-9,18H2,1-3H3. The fourth-order valence-electron chi connectivity index (χ4n) is 5.68. The molecule has 204 valence electrons.